The van der Waals surface area contributed by atoms with Gasteiger partial charge in [-0.1, -0.05) is 48.5 Å². The molecule has 1 saturated carbocycles. The third-order valence-electron chi connectivity index (χ3n) is 4.96. The van der Waals surface area contributed by atoms with Crippen molar-refractivity contribution in [3.05, 3.63) is 66.2 Å². The average molecular weight is 318 g/mol. The van der Waals surface area contributed by atoms with Crippen LogP contribution in [0.1, 0.15) is 31.2 Å². The number of carbonyl (C=O) groups excluding carboxylic acids is 2. The lowest BCUT2D eigenvalue weighted by Crippen LogP contribution is -2.43. The van der Waals surface area contributed by atoms with Crippen LogP contribution in [-0.2, 0) is 9.59 Å². The van der Waals surface area contributed by atoms with Crippen molar-refractivity contribution in [2.75, 3.05) is 5.01 Å². The normalized spacial score (nSPS) is 19.7. The Morgan fingerprint density at radius 1 is 0.833 bits per heavy atom. The minimum Gasteiger partial charge on any atom is -0.300 e. The van der Waals surface area contributed by atoms with Gasteiger partial charge in [0, 0.05) is 12.8 Å². The van der Waals surface area contributed by atoms with E-state index in [4.69, 9.17) is 5.10 Å². The zero-order chi connectivity index (χ0) is 16.6. The fraction of sp³-hybridized carbons (Fsp3) is 0.250. The Labute approximate surface area is 140 Å². The molecule has 0 N–H and O–H groups in total. The number of rotatable bonds is 2. The highest BCUT2D eigenvalue weighted by Crippen LogP contribution is 2.45. The van der Waals surface area contributed by atoms with E-state index in [0.29, 0.717) is 25.7 Å². The molecular weight excluding hydrogens is 300 g/mol. The summed E-state index contributed by atoms with van der Waals surface area (Å²) < 4.78 is 0. The van der Waals surface area contributed by atoms with Gasteiger partial charge in [-0.3, -0.25) is 9.59 Å². The highest BCUT2D eigenvalue weighted by Gasteiger charge is 2.53. The van der Waals surface area contributed by atoms with Crippen LogP contribution in [-0.4, -0.2) is 17.4 Å². The van der Waals surface area contributed by atoms with Crippen molar-refractivity contribution >= 4 is 23.1 Å². The molecule has 4 heteroatoms. The van der Waals surface area contributed by atoms with E-state index < -0.39 is 5.41 Å². The minimum atomic E-state index is -0.675. The van der Waals surface area contributed by atoms with Crippen LogP contribution < -0.4 is 5.01 Å². The van der Waals surface area contributed by atoms with E-state index in [-0.39, 0.29) is 11.7 Å². The monoisotopic (exact) mass is 318 g/mol. The first-order valence-electron chi connectivity index (χ1n) is 8.26. The molecule has 1 aliphatic heterocycles. The molecule has 1 amide bonds. The summed E-state index contributed by atoms with van der Waals surface area (Å²) in [6.07, 6.45) is 1.98. The lowest BCUT2D eigenvalue weighted by molar-refractivity contribution is -0.128. The second-order valence-electron chi connectivity index (χ2n) is 6.39. The number of anilines is 1. The zero-order valence-corrected chi connectivity index (χ0v) is 13.3. The van der Waals surface area contributed by atoms with Gasteiger partial charge in [0.1, 0.15) is 5.78 Å². The zero-order valence-electron chi connectivity index (χ0n) is 13.3. The summed E-state index contributed by atoms with van der Waals surface area (Å²) in [4.78, 5) is 25.0. The molecular formula is C20H18N2O2. The van der Waals surface area contributed by atoms with Crippen LogP contribution in [0.2, 0.25) is 0 Å². The van der Waals surface area contributed by atoms with Crippen molar-refractivity contribution in [3.8, 4) is 0 Å². The Hall–Kier alpha value is -2.75. The molecule has 1 spiro atoms. The van der Waals surface area contributed by atoms with Crippen molar-refractivity contribution in [1.82, 2.24) is 0 Å². The van der Waals surface area contributed by atoms with Crippen LogP contribution in [0.4, 0.5) is 5.69 Å². The standard InChI is InChI=1S/C20H18N2O2/c23-17-11-13-20(14-12-17)18(15-7-3-1-4-8-15)21-22(19(20)24)16-9-5-2-6-10-16/h1-10H,11-14H2. The van der Waals surface area contributed by atoms with E-state index in [1.54, 1.807) is 0 Å². The molecule has 1 heterocycles. The summed E-state index contributed by atoms with van der Waals surface area (Å²) in [5.74, 6) is 0.221. The number of hydrazone groups is 1. The number of benzene rings is 2. The number of hydrogen-bond acceptors (Lipinski definition) is 3. The van der Waals surface area contributed by atoms with E-state index in [2.05, 4.69) is 0 Å². The van der Waals surface area contributed by atoms with Crippen molar-refractivity contribution < 1.29 is 9.59 Å². The summed E-state index contributed by atoms with van der Waals surface area (Å²) in [6, 6.07) is 19.3. The van der Waals surface area contributed by atoms with E-state index in [1.807, 2.05) is 60.7 Å². The fourth-order valence-corrected chi connectivity index (χ4v) is 3.63. The van der Waals surface area contributed by atoms with Gasteiger partial charge in [0.25, 0.3) is 5.91 Å². The molecule has 120 valence electrons. The van der Waals surface area contributed by atoms with Gasteiger partial charge >= 0.3 is 0 Å². The lowest BCUT2D eigenvalue weighted by atomic mass is 9.68. The Balaban J connectivity index is 1.82. The molecule has 2 aromatic rings. The molecule has 2 aliphatic rings. The molecule has 1 fully saturated rings. The molecule has 0 saturated heterocycles. The molecule has 0 unspecified atom stereocenters. The van der Waals surface area contributed by atoms with Gasteiger partial charge in [-0.2, -0.15) is 10.1 Å². The highest BCUT2D eigenvalue weighted by molar-refractivity contribution is 6.25. The van der Waals surface area contributed by atoms with Crippen LogP contribution in [0, 0.1) is 5.41 Å². The fourth-order valence-electron chi connectivity index (χ4n) is 3.63. The molecule has 0 bridgehead atoms. The maximum atomic E-state index is 13.3. The summed E-state index contributed by atoms with van der Waals surface area (Å²) in [5.41, 5.74) is 1.85. The number of carbonyl (C=O) groups is 2. The molecule has 0 radical (unpaired) electrons. The summed E-state index contributed by atoms with van der Waals surface area (Å²) >= 11 is 0. The first-order chi connectivity index (χ1) is 11.7. The maximum absolute atomic E-state index is 13.3. The van der Waals surface area contributed by atoms with Crippen molar-refractivity contribution in [3.63, 3.8) is 0 Å². The molecule has 1 aliphatic carbocycles. The van der Waals surface area contributed by atoms with Gasteiger partial charge in [0.2, 0.25) is 0 Å². The van der Waals surface area contributed by atoms with Crippen LogP contribution in [0.3, 0.4) is 0 Å². The topological polar surface area (TPSA) is 49.7 Å². The molecule has 24 heavy (non-hydrogen) atoms. The number of ketones is 1. The Morgan fingerprint density at radius 3 is 2.04 bits per heavy atom. The largest absolute Gasteiger partial charge is 0.300 e. The number of para-hydroxylation sites is 1. The summed E-state index contributed by atoms with van der Waals surface area (Å²) in [5, 5.41) is 6.21. The highest BCUT2D eigenvalue weighted by atomic mass is 16.2. The number of hydrogen-bond donors (Lipinski definition) is 0. The Morgan fingerprint density at radius 2 is 1.42 bits per heavy atom. The second kappa shape index (κ2) is 5.71. The predicted octanol–water partition coefficient (Wildman–Crippen LogP) is 3.57. The van der Waals surface area contributed by atoms with Crippen molar-refractivity contribution in [2.24, 2.45) is 10.5 Å². The van der Waals surface area contributed by atoms with Crippen molar-refractivity contribution in [2.45, 2.75) is 25.7 Å². The van der Waals surface area contributed by atoms with Gasteiger partial charge in [-0.05, 0) is 30.5 Å². The van der Waals surface area contributed by atoms with E-state index in [0.717, 1.165) is 17.0 Å². The summed E-state index contributed by atoms with van der Waals surface area (Å²) in [6.45, 7) is 0. The quantitative estimate of drug-likeness (QED) is 0.850. The van der Waals surface area contributed by atoms with Gasteiger partial charge in [-0.25, -0.2) is 0 Å². The van der Waals surface area contributed by atoms with Crippen molar-refractivity contribution in [1.29, 1.82) is 0 Å². The minimum absolute atomic E-state index is 0.0138. The van der Waals surface area contributed by atoms with E-state index >= 15 is 0 Å². The van der Waals surface area contributed by atoms with E-state index in [1.165, 1.54) is 5.01 Å². The lowest BCUT2D eigenvalue weighted by Gasteiger charge is -2.32. The van der Waals surface area contributed by atoms with Crippen LogP contribution in [0.5, 0.6) is 0 Å². The number of nitrogens with zero attached hydrogens (tertiary/aromatic N) is 2. The first kappa shape index (κ1) is 14.8. The van der Waals surface area contributed by atoms with Crippen LogP contribution in [0.15, 0.2) is 65.8 Å². The SMILES string of the molecule is O=C1CCC2(CC1)C(=O)N(c1ccccc1)N=C2c1ccccc1. The molecule has 4 nitrogen and oxygen atoms in total. The van der Waals surface area contributed by atoms with Crippen LogP contribution >= 0.6 is 0 Å². The van der Waals surface area contributed by atoms with Gasteiger partial charge < -0.3 is 0 Å². The molecule has 0 atom stereocenters. The predicted molar refractivity (Wildman–Crippen MR) is 92.8 cm³/mol. The molecule has 2 aromatic carbocycles. The molecule has 4 rings (SSSR count). The maximum Gasteiger partial charge on any atom is 0.259 e. The second-order valence-corrected chi connectivity index (χ2v) is 6.39. The Kier molecular flexibility index (Phi) is 3.53. The van der Waals surface area contributed by atoms with Gasteiger partial charge in [0.05, 0.1) is 16.8 Å². The third kappa shape index (κ3) is 2.26. The molecule has 0 aromatic heterocycles. The van der Waals surface area contributed by atoms with E-state index in [9.17, 15) is 9.59 Å². The van der Waals surface area contributed by atoms with Gasteiger partial charge in [-0.15, -0.1) is 0 Å². The van der Waals surface area contributed by atoms with Gasteiger partial charge in [0.15, 0.2) is 0 Å². The smallest absolute Gasteiger partial charge is 0.259 e. The number of Topliss-reactive ketones (excluding diaryl/α,β-unsaturated/α-hetero) is 1. The Bertz CT molecular complexity index is 802. The number of amides is 1. The summed E-state index contributed by atoms with van der Waals surface area (Å²) in [7, 11) is 0. The third-order valence-corrected chi connectivity index (χ3v) is 4.96. The van der Waals surface area contributed by atoms with Crippen LogP contribution in [0.25, 0.3) is 0 Å². The average Bonchev–Trinajstić information content (AvgIpc) is 2.92. The first-order valence-corrected chi connectivity index (χ1v) is 8.26.